The molecule has 0 fully saturated rings. The molecule has 0 spiro atoms. The topological polar surface area (TPSA) is 89.4 Å². The third kappa shape index (κ3) is 2.42. The van der Waals surface area contributed by atoms with E-state index in [2.05, 4.69) is 15.9 Å². The first-order valence-electron chi connectivity index (χ1n) is 3.95. The SMILES string of the molecule is N[C@H](CF)c1cc(Br)cc([N+](=O)[O-])c1O. The molecule has 0 saturated carbocycles. The van der Waals surface area contributed by atoms with Gasteiger partial charge in [-0.25, -0.2) is 4.39 Å². The van der Waals surface area contributed by atoms with Crippen molar-refractivity contribution in [2.45, 2.75) is 6.04 Å². The lowest BCUT2D eigenvalue weighted by molar-refractivity contribution is -0.386. The fourth-order valence-electron chi connectivity index (χ4n) is 1.11. The molecule has 0 aliphatic rings. The number of phenols is 1. The van der Waals surface area contributed by atoms with Crippen LogP contribution in [0.5, 0.6) is 5.75 Å². The molecule has 0 aromatic heterocycles. The van der Waals surface area contributed by atoms with Crippen LogP contribution < -0.4 is 5.73 Å². The summed E-state index contributed by atoms with van der Waals surface area (Å²) in [6.07, 6.45) is 0. The van der Waals surface area contributed by atoms with E-state index in [-0.39, 0.29) is 5.56 Å². The van der Waals surface area contributed by atoms with E-state index in [1.165, 1.54) is 6.07 Å². The highest BCUT2D eigenvalue weighted by Crippen LogP contribution is 2.36. The van der Waals surface area contributed by atoms with Crippen LogP contribution in [0.3, 0.4) is 0 Å². The maximum Gasteiger partial charge on any atom is 0.312 e. The molecule has 1 aromatic carbocycles. The van der Waals surface area contributed by atoms with Crippen molar-refractivity contribution in [3.63, 3.8) is 0 Å². The summed E-state index contributed by atoms with van der Waals surface area (Å²) in [5.41, 5.74) is 4.87. The number of benzene rings is 1. The molecule has 1 atom stereocenters. The van der Waals surface area contributed by atoms with Gasteiger partial charge < -0.3 is 10.8 Å². The average Bonchev–Trinajstić information content (AvgIpc) is 2.19. The van der Waals surface area contributed by atoms with Crippen LogP contribution in [0, 0.1) is 10.1 Å². The highest BCUT2D eigenvalue weighted by Gasteiger charge is 2.21. The molecule has 5 nitrogen and oxygen atoms in total. The quantitative estimate of drug-likeness (QED) is 0.654. The number of nitrogens with zero attached hydrogens (tertiary/aromatic N) is 1. The normalized spacial score (nSPS) is 12.5. The molecule has 0 saturated heterocycles. The van der Waals surface area contributed by atoms with Gasteiger partial charge in [0.05, 0.1) is 11.0 Å². The molecule has 0 amide bonds. The monoisotopic (exact) mass is 278 g/mol. The second-order valence-corrected chi connectivity index (χ2v) is 3.80. The first kappa shape index (κ1) is 11.9. The number of hydrogen-bond acceptors (Lipinski definition) is 4. The zero-order valence-electron chi connectivity index (χ0n) is 7.48. The van der Waals surface area contributed by atoms with Crippen LogP contribution in [0.4, 0.5) is 10.1 Å². The zero-order valence-corrected chi connectivity index (χ0v) is 9.07. The molecule has 7 heteroatoms. The summed E-state index contributed by atoms with van der Waals surface area (Å²) >= 11 is 3.02. The minimum atomic E-state index is -1.07. The van der Waals surface area contributed by atoms with E-state index in [0.29, 0.717) is 4.47 Å². The molecule has 0 bridgehead atoms. The Morgan fingerprint density at radius 1 is 1.67 bits per heavy atom. The third-order valence-electron chi connectivity index (χ3n) is 1.85. The highest BCUT2D eigenvalue weighted by molar-refractivity contribution is 9.10. The Labute approximate surface area is 93.0 Å². The summed E-state index contributed by atoms with van der Waals surface area (Å²) in [4.78, 5) is 9.77. The Balaban J connectivity index is 3.34. The fourth-order valence-corrected chi connectivity index (χ4v) is 1.57. The van der Waals surface area contributed by atoms with Crippen LogP contribution >= 0.6 is 15.9 Å². The Hall–Kier alpha value is -1.21. The largest absolute Gasteiger partial charge is 0.502 e. The number of aromatic hydroxyl groups is 1. The maximum absolute atomic E-state index is 12.3. The summed E-state index contributed by atoms with van der Waals surface area (Å²) in [7, 11) is 0. The summed E-state index contributed by atoms with van der Waals surface area (Å²) < 4.78 is 12.7. The van der Waals surface area contributed by atoms with Crippen LogP contribution in [0.2, 0.25) is 0 Å². The smallest absolute Gasteiger partial charge is 0.312 e. The van der Waals surface area contributed by atoms with Crippen molar-refractivity contribution in [1.82, 2.24) is 0 Å². The van der Waals surface area contributed by atoms with Crippen LogP contribution in [-0.4, -0.2) is 16.7 Å². The molecular formula is C8H8BrFN2O3. The summed E-state index contributed by atoms with van der Waals surface area (Å²) in [6.45, 7) is -0.902. The maximum atomic E-state index is 12.3. The van der Waals surface area contributed by atoms with Crippen molar-refractivity contribution in [2.75, 3.05) is 6.67 Å². The molecular weight excluding hydrogens is 271 g/mol. The number of phenolic OH excluding ortho intramolecular Hbond substituents is 1. The van der Waals surface area contributed by atoms with Gasteiger partial charge in [-0.1, -0.05) is 15.9 Å². The van der Waals surface area contributed by atoms with E-state index in [1.807, 2.05) is 0 Å². The second kappa shape index (κ2) is 4.54. The number of nitrogens with two attached hydrogens (primary N) is 1. The summed E-state index contributed by atoms with van der Waals surface area (Å²) in [5.74, 6) is -0.589. The van der Waals surface area contributed by atoms with Crippen LogP contribution in [0.1, 0.15) is 11.6 Å². The van der Waals surface area contributed by atoms with E-state index >= 15 is 0 Å². The van der Waals surface area contributed by atoms with Gasteiger partial charge in [-0.05, 0) is 6.07 Å². The number of hydrogen-bond donors (Lipinski definition) is 2. The van der Waals surface area contributed by atoms with Crippen molar-refractivity contribution >= 4 is 21.6 Å². The lowest BCUT2D eigenvalue weighted by Gasteiger charge is -2.10. The van der Waals surface area contributed by atoms with Gasteiger partial charge in [-0.3, -0.25) is 10.1 Å². The van der Waals surface area contributed by atoms with Gasteiger partial charge >= 0.3 is 5.69 Å². The molecule has 0 radical (unpaired) electrons. The Bertz CT molecular complexity index is 400. The van der Waals surface area contributed by atoms with Crippen LogP contribution in [0.25, 0.3) is 0 Å². The first-order valence-corrected chi connectivity index (χ1v) is 4.75. The number of nitro groups is 1. The molecule has 15 heavy (non-hydrogen) atoms. The second-order valence-electron chi connectivity index (χ2n) is 2.88. The standard InChI is InChI=1S/C8H8BrFN2O3/c9-4-1-5(6(11)3-10)8(13)7(2-4)12(14)15/h1-2,6,13H,3,11H2/t6-/m1/s1. The molecule has 0 heterocycles. The van der Waals surface area contributed by atoms with Crippen molar-refractivity contribution in [3.8, 4) is 5.75 Å². The molecule has 82 valence electrons. The van der Waals surface area contributed by atoms with Gasteiger partial charge in [-0.15, -0.1) is 0 Å². The van der Waals surface area contributed by atoms with Gasteiger partial charge in [0.15, 0.2) is 5.75 Å². The predicted molar refractivity (Wildman–Crippen MR) is 55.4 cm³/mol. The number of alkyl halides is 1. The first-order chi connectivity index (χ1) is 6.97. The summed E-state index contributed by atoms with van der Waals surface area (Å²) in [6, 6.07) is 1.41. The molecule has 1 aromatic rings. The molecule has 1 rings (SSSR count). The van der Waals surface area contributed by atoms with Crippen molar-refractivity contribution in [1.29, 1.82) is 0 Å². The van der Waals surface area contributed by atoms with Crippen LogP contribution in [0.15, 0.2) is 16.6 Å². The predicted octanol–water partition coefficient (Wildman–Crippen LogP) is 2.03. The Kier molecular flexibility index (Phi) is 3.59. The minimum Gasteiger partial charge on any atom is -0.502 e. The molecule has 0 aliphatic carbocycles. The van der Waals surface area contributed by atoms with E-state index in [1.54, 1.807) is 0 Å². The minimum absolute atomic E-state index is 0.0126. The van der Waals surface area contributed by atoms with E-state index < -0.39 is 29.1 Å². The molecule has 0 unspecified atom stereocenters. The van der Waals surface area contributed by atoms with Crippen molar-refractivity contribution in [2.24, 2.45) is 5.73 Å². The zero-order chi connectivity index (χ0) is 11.6. The number of halogens is 2. The Morgan fingerprint density at radius 3 is 2.73 bits per heavy atom. The summed E-state index contributed by atoms with van der Waals surface area (Å²) in [5, 5.41) is 20.0. The van der Waals surface area contributed by atoms with Crippen molar-refractivity contribution in [3.05, 3.63) is 32.3 Å². The van der Waals surface area contributed by atoms with Crippen molar-refractivity contribution < 1.29 is 14.4 Å². The van der Waals surface area contributed by atoms with Gasteiger partial charge in [0.2, 0.25) is 0 Å². The van der Waals surface area contributed by atoms with Gasteiger partial charge in [0.25, 0.3) is 0 Å². The van der Waals surface area contributed by atoms with Gasteiger partial charge in [-0.2, -0.15) is 0 Å². The Morgan fingerprint density at radius 2 is 2.27 bits per heavy atom. The number of rotatable bonds is 3. The lowest BCUT2D eigenvalue weighted by Crippen LogP contribution is -2.12. The van der Waals surface area contributed by atoms with E-state index in [9.17, 15) is 19.6 Å². The fraction of sp³-hybridized carbons (Fsp3) is 0.250. The van der Waals surface area contributed by atoms with E-state index in [4.69, 9.17) is 5.73 Å². The highest BCUT2D eigenvalue weighted by atomic mass is 79.9. The van der Waals surface area contributed by atoms with E-state index in [0.717, 1.165) is 6.07 Å². The van der Waals surface area contributed by atoms with Gasteiger partial charge in [0.1, 0.15) is 6.67 Å². The molecule has 0 aliphatic heterocycles. The van der Waals surface area contributed by atoms with Crippen LogP contribution in [-0.2, 0) is 0 Å². The lowest BCUT2D eigenvalue weighted by atomic mass is 10.1. The van der Waals surface area contributed by atoms with Gasteiger partial charge in [0, 0.05) is 16.1 Å². The average molecular weight is 279 g/mol. The number of nitro benzene ring substituents is 1. The third-order valence-corrected chi connectivity index (χ3v) is 2.30. The molecule has 3 N–H and O–H groups in total.